The smallest absolute Gasteiger partial charge is 0.272 e. The molecule has 29 heavy (non-hydrogen) atoms. The molecule has 5 heteroatoms. The Bertz CT molecular complexity index is 1010. The van der Waals surface area contributed by atoms with Gasteiger partial charge >= 0.3 is 0 Å². The van der Waals surface area contributed by atoms with E-state index in [0.29, 0.717) is 12.3 Å². The second kappa shape index (κ2) is 8.19. The summed E-state index contributed by atoms with van der Waals surface area (Å²) in [6, 6.07) is 14.2. The van der Waals surface area contributed by atoms with E-state index in [-0.39, 0.29) is 5.91 Å². The topological polar surface area (TPSA) is 46.5 Å². The summed E-state index contributed by atoms with van der Waals surface area (Å²) in [5.41, 5.74) is 4.79. The number of aryl methyl sites for hydroxylation is 2. The summed E-state index contributed by atoms with van der Waals surface area (Å²) in [4.78, 5) is 15.6. The molecule has 1 N–H and O–H groups in total. The Morgan fingerprint density at radius 3 is 2.45 bits per heavy atom. The summed E-state index contributed by atoms with van der Waals surface area (Å²) in [5, 5.41) is 4.15. The highest BCUT2D eigenvalue weighted by molar-refractivity contribution is 6.08. The first kappa shape index (κ1) is 19.4. The molecular weight excluding hydrogens is 362 g/mol. The molecule has 1 aliphatic rings. The third-order valence-electron chi connectivity index (χ3n) is 5.73. The molecule has 0 saturated carbocycles. The molecule has 152 valence electrons. The van der Waals surface area contributed by atoms with Crippen molar-refractivity contribution in [1.82, 2.24) is 4.57 Å². The van der Waals surface area contributed by atoms with E-state index in [1.54, 1.807) is 0 Å². The Balaban J connectivity index is 1.61. The quantitative estimate of drug-likeness (QED) is 0.627. The van der Waals surface area contributed by atoms with Crippen LogP contribution in [0.1, 0.15) is 42.7 Å². The van der Waals surface area contributed by atoms with Crippen molar-refractivity contribution in [3.63, 3.8) is 0 Å². The zero-order chi connectivity index (χ0) is 20.4. The molecule has 2 heterocycles. The van der Waals surface area contributed by atoms with Gasteiger partial charge in [-0.3, -0.25) is 4.79 Å². The minimum absolute atomic E-state index is 0.0765. The number of ether oxygens (including phenoxy) is 1. The van der Waals surface area contributed by atoms with E-state index in [9.17, 15) is 4.79 Å². The lowest BCUT2D eigenvalue weighted by atomic mass is 10.1. The largest absolute Gasteiger partial charge is 0.494 e. The molecule has 5 nitrogen and oxygen atoms in total. The molecule has 1 aromatic heterocycles. The Morgan fingerprint density at radius 2 is 1.79 bits per heavy atom. The van der Waals surface area contributed by atoms with Gasteiger partial charge in [0.15, 0.2) is 0 Å². The number of anilines is 2. The first-order valence-electron chi connectivity index (χ1n) is 10.5. The average molecular weight is 392 g/mol. The lowest BCUT2D eigenvalue weighted by Crippen LogP contribution is -2.19. The Labute approximate surface area is 172 Å². The van der Waals surface area contributed by atoms with Crippen LogP contribution >= 0.6 is 0 Å². The van der Waals surface area contributed by atoms with Crippen LogP contribution in [0.15, 0.2) is 42.5 Å². The number of hydrogen-bond donors (Lipinski definition) is 1. The summed E-state index contributed by atoms with van der Waals surface area (Å²) in [6.07, 6.45) is 2.51. The van der Waals surface area contributed by atoms with Crippen LogP contribution in [0, 0.1) is 6.92 Å². The number of hydrogen-bond acceptors (Lipinski definition) is 3. The summed E-state index contributed by atoms with van der Waals surface area (Å²) >= 11 is 0. The predicted octanol–water partition coefficient (Wildman–Crippen LogP) is 5.22. The summed E-state index contributed by atoms with van der Waals surface area (Å²) < 4.78 is 7.73. The molecule has 1 aliphatic heterocycles. The monoisotopic (exact) mass is 391 g/mol. The Kier molecular flexibility index (Phi) is 5.47. The fraction of sp³-hybridized carbons (Fsp3) is 0.375. The number of benzene rings is 2. The first-order chi connectivity index (χ1) is 14.1. The molecular formula is C24H29N3O2. The maximum Gasteiger partial charge on any atom is 0.272 e. The van der Waals surface area contributed by atoms with Crippen molar-refractivity contribution in [3.05, 3.63) is 53.7 Å². The lowest BCUT2D eigenvalue weighted by molar-refractivity contribution is 0.101. The Hall–Kier alpha value is -2.95. The van der Waals surface area contributed by atoms with Crippen LogP contribution in [-0.2, 0) is 6.54 Å². The van der Waals surface area contributed by atoms with E-state index in [1.807, 2.05) is 44.2 Å². The Morgan fingerprint density at radius 1 is 1.07 bits per heavy atom. The third-order valence-corrected chi connectivity index (χ3v) is 5.73. The molecule has 0 bridgehead atoms. The first-order valence-corrected chi connectivity index (χ1v) is 10.5. The molecule has 0 unspecified atom stereocenters. The number of carbonyl (C=O) groups is 1. The molecule has 0 aliphatic carbocycles. The molecule has 1 fully saturated rings. The van der Waals surface area contributed by atoms with Crippen molar-refractivity contribution in [2.45, 2.75) is 40.2 Å². The number of fused-ring (bicyclic) bond motifs is 1. The van der Waals surface area contributed by atoms with E-state index in [2.05, 4.69) is 33.8 Å². The van der Waals surface area contributed by atoms with Crippen molar-refractivity contribution >= 4 is 28.2 Å². The molecule has 0 radical (unpaired) electrons. The number of aromatic nitrogens is 1. The van der Waals surface area contributed by atoms with Crippen LogP contribution < -0.4 is 15.0 Å². The summed E-state index contributed by atoms with van der Waals surface area (Å²) in [6.45, 7) is 9.64. The predicted molar refractivity (Wildman–Crippen MR) is 119 cm³/mol. The van der Waals surface area contributed by atoms with Crippen LogP contribution in [0.5, 0.6) is 5.75 Å². The van der Waals surface area contributed by atoms with E-state index in [1.165, 1.54) is 18.5 Å². The molecule has 1 amide bonds. The second-order valence-corrected chi connectivity index (χ2v) is 7.52. The molecule has 3 aromatic rings. The molecule has 0 atom stereocenters. The number of amides is 1. The van der Waals surface area contributed by atoms with Gasteiger partial charge in [0.25, 0.3) is 5.91 Å². The zero-order valence-corrected chi connectivity index (χ0v) is 17.5. The van der Waals surface area contributed by atoms with Crippen LogP contribution in [0.3, 0.4) is 0 Å². The molecule has 1 saturated heterocycles. The summed E-state index contributed by atoms with van der Waals surface area (Å²) in [7, 11) is 0. The van der Waals surface area contributed by atoms with Crippen LogP contribution in [0.25, 0.3) is 10.9 Å². The molecule has 4 rings (SSSR count). The van der Waals surface area contributed by atoms with Gasteiger partial charge in [-0.05, 0) is 81.6 Å². The average Bonchev–Trinajstić information content (AvgIpc) is 3.36. The minimum Gasteiger partial charge on any atom is -0.494 e. The highest BCUT2D eigenvalue weighted by Gasteiger charge is 2.20. The highest BCUT2D eigenvalue weighted by atomic mass is 16.5. The van der Waals surface area contributed by atoms with E-state index in [0.717, 1.165) is 47.5 Å². The van der Waals surface area contributed by atoms with Crippen molar-refractivity contribution in [1.29, 1.82) is 0 Å². The minimum atomic E-state index is -0.0765. The lowest BCUT2D eigenvalue weighted by Gasteiger charge is -2.18. The number of nitrogens with one attached hydrogen (secondary N) is 1. The normalized spacial score (nSPS) is 13.8. The maximum atomic E-state index is 13.2. The van der Waals surface area contributed by atoms with E-state index >= 15 is 0 Å². The maximum absolute atomic E-state index is 13.2. The van der Waals surface area contributed by atoms with Gasteiger partial charge in [0.2, 0.25) is 0 Å². The third kappa shape index (κ3) is 3.69. The van der Waals surface area contributed by atoms with Crippen LogP contribution in [0.4, 0.5) is 11.4 Å². The SMILES string of the molecule is CCOc1ccc2c(c1)c(C)c(C(=O)Nc1ccc(N3CCCC3)cc1)n2CC. The van der Waals surface area contributed by atoms with Gasteiger partial charge in [-0.15, -0.1) is 0 Å². The van der Waals surface area contributed by atoms with Crippen LogP contribution in [-0.4, -0.2) is 30.2 Å². The van der Waals surface area contributed by atoms with Gasteiger partial charge in [-0.1, -0.05) is 0 Å². The van der Waals surface area contributed by atoms with Crippen molar-refractivity contribution in [2.75, 3.05) is 29.9 Å². The molecule has 0 spiro atoms. The van der Waals surface area contributed by atoms with Gasteiger partial charge in [-0.2, -0.15) is 0 Å². The second-order valence-electron chi connectivity index (χ2n) is 7.52. The van der Waals surface area contributed by atoms with Gasteiger partial charge < -0.3 is 19.5 Å². The van der Waals surface area contributed by atoms with Gasteiger partial charge in [0.1, 0.15) is 11.4 Å². The fourth-order valence-electron chi connectivity index (χ4n) is 4.30. The molecule has 2 aromatic carbocycles. The van der Waals surface area contributed by atoms with E-state index in [4.69, 9.17) is 4.74 Å². The number of nitrogens with zero attached hydrogens (tertiary/aromatic N) is 2. The number of rotatable bonds is 6. The van der Waals surface area contributed by atoms with E-state index < -0.39 is 0 Å². The standard InChI is InChI=1S/C24H29N3O2/c1-4-27-22-13-12-20(29-5-2)16-21(22)17(3)23(27)24(28)25-18-8-10-19(11-9-18)26-14-6-7-15-26/h8-13,16H,4-7,14-15H2,1-3H3,(H,25,28). The fourth-order valence-corrected chi connectivity index (χ4v) is 4.30. The van der Waals surface area contributed by atoms with Crippen LogP contribution in [0.2, 0.25) is 0 Å². The highest BCUT2D eigenvalue weighted by Crippen LogP contribution is 2.30. The van der Waals surface area contributed by atoms with Gasteiger partial charge in [0.05, 0.1) is 6.61 Å². The van der Waals surface area contributed by atoms with Crippen molar-refractivity contribution < 1.29 is 9.53 Å². The van der Waals surface area contributed by atoms with Gasteiger partial charge in [0, 0.05) is 41.9 Å². The number of carbonyl (C=O) groups excluding carboxylic acids is 1. The zero-order valence-electron chi connectivity index (χ0n) is 17.5. The van der Waals surface area contributed by atoms with Gasteiger partial charge in [-0.25, -0.2) is 0 Å². The van der Waals surface area contributed by atoms with Crippen molar-refractivity contribution in [2.24, 2.45) is 0 Å². The summed E-state index contributed by atoms with van der Waals surface area (Å²) in [5.74, 6) is 0.758. The van der Waals surface area contributed by atoms with Crippen molar-refractivity contribution in [3.8, 4) is 5.75 Å².